The third-order valence-corrected chi connectivity index (χ3v) is 5.52. The highest BCUT2D eigenvalue weighted by Crippen LogP contribution is 2.26. The number of amides is 1. The average Bonchev–Trinajstić information content (AvgIpc) is 2.73. The van der Waals surface area contributed by atoms with Gasteiger partial charge in [-0.15, -0.1) is 4.28 Å². The second-order valence-electron chi connectivity index (χ2n) is 6.22. The first-order chi connectivity index (χ1) is 14.3. The minimum absolute atomic E-state index is 0.257. The summed E-state index contributed by atoms with van der Waals surface area (Å²) in [7, 11) is -3.79. The number of halogens is 1. The van der Waals surface area contributed by atoms with Crippen molar-refractivity contribution in [3.05, 3.63) is 59.1 Å². The van der Waals surface area contributed by atoms with Crippen LogP contribution in [0.3, 0.4) is 0 Å². The number of rotatable bonds is 8. The summed E-state index contributed by atoms with van der Waals surface area (Å²) in [5.74, 6) is 0.403. The molecule has 1 unspecified atom stereocenters. The first-order valence-electron chi connectivity index (χ1n) is 8.97. The van der Waals surface area contributed by atoms with Gasteiger partial charge in [-0.05, 0) is 56.3 Å². The van der Waals surface area contributed by atoms with E-state index in [1.165, 1.54) is 13.8 Å². The van der Waals surface area contributed by atoms with Crippen LogP contribution in [0.25, 0.3) is 10.9 Å². The molecule has 0 aliphatic rings. The summed E-state index contributed by atoms with van der Waals surface area (Å²) in [4.78, 5) is 16.4. The molecule has 2 aromatic carbocycles. The Morgan fingerprint density at radius 3 is 2.47 bits per heavy atom. The quantitative estimate of drug-likeness (QED) is 0.472. The predicted octanol–water partition coefficient (Wildman–Crippen LogP) is 3.95. The van der Waals surface area contributed by atoms with Gasteiger partial charge in [0.15, 0.2) is 6.10 Å². The van der Waals surface area contributed by atoms with Crippen LogP contribution in [-0.2, 0) is 19.2 Å². The van der Waals surface area contributed by atoms with Crippen molar-refractivity contribution in [2.24, 2.45) is 0 Å². The van der Waals surface area contributed by atoms with Gasteiger partial charge in [-0.25, -0.2) is 10.5 Å². The van der Waals surface area contributed by atoms with Gasteiger partial charge in [0.25, 0.3) is 16.0 Å². The molecule has 10 heteroatoms. The van der Waals surface area contributed by atoms with E-state index in [2.05, 4.69) is 25.2 Å². The molecule has 8 nitrogen and oxygen atoms in total. The number of carbonyl (C=O) groups is 1. The van der Waals surface area contributed by atoms with Gasteiger partial charge in [0.2, 0.25) is 5.88 Å². The zero-order chi connectivity index (χ0) is 21.7. The van der Waals surface area contributed by atoms with Crippen molar-refractivity contribution in [1.29, 1.82) is 0 Å². The minimum atomic E-state index is -3.79. The highest BCUT2D eigenvalue weighted by molar-refractivity contribution is 9.10. The van der Waals surface area contributed by atoms with Crippen molar-refractivity contribution in [3.8, 4) is 17.4 Å². The molecule has 0 aliphatic heterocycles. The Kier molecular flexibility index (Phi) is 6.91. The molecule has 0 spiro atoms. The Hall–Kier alpha value is -2.69. The number of pyridine rings is 1. The van der Waals surface area contributed by atoms with Gasteiger partial charge in [0.05, 0.1) is 11.3 Å². The van der Waals surface area contributed by atoms with Gasteiger partial charge >= 0.3 is 0 Å². The molecular formula is C20H19BrN2O6S. The zero-order valence-corrected chi connectivity index (χ0v) is 18.6. The first-order valence-corrected chi connectivity index (χ1v) is 11.3. The van der Waals surface area contributed by atoms with Crippen LogP contribution >= 0.6 is 15.9 Å². The highest BCUT2D eigenvalue weighted by atomic mass is 79.9. The van der Waals surface area contributed by atoms with Crippen molar-refractivity contribution in [2.75, 3.05) is 5.75 Å². The van der Waals surface area contributed by atoms with Crippen LogP contribution in [0.1, 0.15) is 13.8 Å². The summed E-state index contributed by atoms with van der Waals surface area (Å²) >= 11 is 3.42. The molecule has 3 aromatic rings. The summed E-state index contributed by atoms with van der Waals surface area (Å²) in [5, 5.41) is 0.997. The molecule has 1 heterocycles. The van der Waals surface area contributed by atoms with Crippen LogP contribution in [0, 0.1) is 0 Å². The third-order valence-electron chi connectivity index (χ3n) is 3.98. The Morgan fingerprint density at radius 1 is 1.10 bits per heavy atom. The van der Waals surface area contributed by atoms with Crippen molar-refractivity contribution < 1.29 is 27.0 Å². The molecule has 0 bridgehead atoms. The minimum Gasteiger partial charge on any atom is -0.481 e. The van der Waals surface area contributed by atoms with Crippen molar-refractivity contribution in [3.63, 3.8) is 0 Å². The lowest BCUT2D eigenvalue weighted by Crippen LogP contribution is -2.38. The number of carbonyl (C=O) groups excluding carboxylic acids is 1. The smallest absolute Gasteiger partial charge is 0.287 e. The van der Waals surface area contributed by atoms with Crippen molar-refractivity contribution in [1.82, 2.24) is 10.5 Å². The van der Waals surface area contributed by atoms with E-state index in [1.54, 1.807) is 30.3 Å². The normalized spacial score (nSPS) is 12.4. The summed E-state index contributed by atoms with van der Waals surface area (Å²) in [6.45, 7) is 2.87. The van der Waals surface area contributed by atoms with Gasteiger partial charge in [-0.1, -0.05) is 22.0 Å². The lowest BCUT2D eigenvalue weighted by Gasteiger charge is -2.14. The molecule has 0 fully saturated rings. The molecule has 0 saturated heterocycles. The molecule has 1 aromatic heterocycles. The molecule has 158 valence electrons. The van der Waals surface area contributed by atoms with Crippen LogP contribution in [0.5, 0.6) is 17.4 Å². The Bertz CT molecular complexity index is 1150. The van der Waals surface area contributed by atoms with Gasteiger partial charge < -0.3 is 9.47 Å². The van der Waals surface area contributed by atoms with Crippen molar-refractivity contribution in [2.45, 2.75) is 20.0 Å². The SMILES string of the molecule is CCS(=O)(=O)ONC(=O)C(C)Oc1ccc(Oc2ccc3ccc(Br)cc3n2)cc1. The van der Waals surface area contributed by atoms with E-state index < -0.39 is 22.1 Å². The molecule has 30 heavy (non-hydrogen) atoms. The third kappa shape index (κ3) is 5.91. The largest absolute Gasteiger partial charge is 0.481 e. The summed E-state index contributed by atoms with van der Waals surface area (Å²) < 4.78 is 39.1. The van der Waals surface area contributed by atoms with E-state index >= 15 is 0 Å². The standard InChI is InChI=1S/C20H19BrN2O6S/c1-3-30(25,26)29-23-20(24)13(2)27-16-7-9-17(10-8-16)28-19-11-5-14-4-6-15(21)12-18(14)22-19/h4-13H,3H2,1-2H3,(H,23,24). The van der Waals surface area contributed by atoms with Crippen molar-refractivity contribution >= 4 is 42.9 Å². The fraction of sp³-hybridized carbons (Fsp3) is 0.200. The van der Waals surface area contributed by atoms with Gasteiger partial charge in [0.1, 0.15) is 11.5 Å². The number of fused-ring (bicyclic) bond motifs is 1. The van der Waals surface area contributed by atoms with Gasteiger partial charge in [0, 0.05) is 15.9 Å². The number of benzene rings is 2. The molecule has 1 N–H and O–H groups in total. The zero-order valence-electron chi connectivity index (χ0n) is 16.2. The van der Waals surface area contributed by atoms with Crippen LogP contribution in [0.15, 0.2) is 59.1 Å². The predicted molar refractivity (Wildman–Crippen MR) is 115 cm³/mol. The molecular weight excluding hydrogens is 476 g/mol. The Morgan fingerprint density at radius 2 is 1.77 bits per heavy atom. The number of hydrogen-bond donors (Lipinski definition) is 1. The van der Waals surface area contributed by atoms with E-state index in [0.717, 1.165) is 15.4 Å². The number of aromatic nitrogens is 1. The maximum absolute atomic E-state index is 11.9. The number of nitrogens with one attached hydrogen (secondary N) is 1. The van der Waals surface area contributed by atoms with Crippen LogP contribution in [-0.4, -0.2) is 31.2 Å². The number of hydroxylamine groups is 1. The lowest BCUT2D eigenvalue weighted by molar-refractivity contribution is -0.133. The topological polar surface area (TPSA) is 104 Å². The molecule has 0 aliphatic carbocycles. The lowest BCUT2D eigenvalue weighted by atomic mass is 10.2. The second-order valence-corrected chi connectivity index (χ2v) is 8.99. The maximum atomic E-state index is 11.9. The van der Waals surface area contributed by atoms with Gasteiger partial charge in [-0.2, -0.15) is 8.42 Å². The average molecular weight is 495 g/mol. The molecule has 1 atom stereocenters. The van der Waals surface area contributed by atoms with E-state index in [-0.39, 0.29) is 5.75 Å². The first kappa shape index (κ1) is 22.0. The van der Waals surface area contributed by atoms with E-state index in [1.807, 2.05) is 29.7 Å². The molecule has 1 amide bonds. The molecule has 0 saturated carbocycles. The summed E-state index contributed by atoms with van der Waals surface area (Å²) in [6, 6.07) is 16.1. The number of hydrogen-bond acceptors (Lipinski definition) is 7. The van der Waals surface area contributed by atoms with E-state index in [4.69, 9.17) is 9.47 Å². The Balaban J connectivity index is 1.60. The van der Waals surface area contributed by atoms with E-state index in [9.17, 15) is 13.2 Å². The highest BCUT2D eigenvalue weighted by Gasteiger charge is 2.18. The number of nitrogens with zero attached hydrogens (tertiary/aromatic N) is 1. The van der Waals surface area contributed by atoms with Crippen LogP contribution < -0.4 is 15.0 Å². The Labute approximate surface area is 182 Å². The summed E-state index contributed by atoms with van der Waals surface area (Å²) in [5.41, 5.74) is 2.67. The fourth-order valence-electron chi connectivity index (χ4n) is 2.34. The van der Waals surface area contributed by atoms with Crippen LogP contribution in [0.4, 0.5) is 0 Å². The summed E-state index contributed by atoms with van der Waals surface area (Å²) in [6.07, 6.45) is -0.968. The fourth-order valence-corrected chi connectivity index (χ4v) is 3.02. The van der Waals surface area contributed by atoms with E-state index in [0.29, 0.717) is 17.4 Å². The van der Waals surface area contributed by atoms with Crippen LogP contribution in [0.2, 0.25) is 0 Å². The second kappa shape index (κ2) is 9.41. The monoisotopic (exact) mass is 494 g/mol. The molecule has 0 radical (unpaired) electrons. The number of ether oxygens (including phenoxy) is 2. The maximum Gasteiger partial charge on any atom is 0.287 e. The molecule has 3 rings (SSSR count). The van der Waals surface area contributed by atoms with Gasteiger partial charge in [-0.3, -0.25) is 4.79 Å².